The molecule has 2 N–H and O–H groups in total. The third-order valence-electron chi connectivity index (χ3n) is 2.50. The van der Waals surface area contributed by atoms with Crippen molar-refractivity contribution in [1.82, 2.24) is 0 Å². The number of carboxylic acid groups (broad SMARTS) is 2. The van der Waals surface area contributed by atoms with Crippen molar-refractivity contribution >= 4 is 45.9 Å². The molecule has 0 amide bonds. The minimum absolute atomic E-state index is 0.0167. The lowest BCUT2D eigenvalue weighted by Crippen LogP contribution is -2.00. The molecule has 6 heteroatoms. The highest BCUT2D eigenvalue weighted by Crippen LogP contribution is 2.33. The number of carbonyl (C=O) groups is 2. The smallest absolute Gasteiger partial charge is 0.337 e. The topological polar surface area (TPSA) is 74.6 Å². The zero-order valence-electron chi connectivity index (χ0n) is 8.78. The molecule has 0 aliphatic rings. The summed E-state index contributed by atoms with van der Waals surface area (Å²) in [4.78, 5) is 21.8. The molecule has 0 saturated heterocycles. The van der Waals surface area contributed by atoms with Crippen molar-refractivity contribution in [3.05, 3.63) is 45.4 Å². The molecule has 2 aromatic rings. The van der Waals surface area contributed by atoms with Gasteiger partial charge in [-0.25, -0.2) is 9.59 Å². The lowest BCUT2D eigenvalue weighted by molar-refractivity contribution is 0.0687. The summed E-state index contributed by atoms with van der Waals surface area (Å²) < 4.78 is 0. The van der Waals surface area contributed by atoms with Crippen LogP contribution in [-0.2, 0) is 0 Å². The summed E-state index contributed by atoms with van der Waals surface area (Å²) in [6, 6.07) is 5.43. The fourth-order valence-electron chi connectivity index (χ4n) is 1.64. The highest BCUT2D eigenvalue weighted by Gasteiger charge is 2.16. The molecule has 0 fully saturated rings. The Balaban J connectivity index is 2.87. The highest BCUT2D eigenvalue weighted by atomic mass is 35.5. The third-order valence-corrected chi connectivity index (χ3v) is 3.22. The standard InChI is InChI=1S/C12H6Cl2O4/c13-9-4-8(12(17)18)10(14)7-3-5(11(15)16)1-2-6(7)9/h1-4H,(H,15,16)(H,17,18). The van der Waals surface area contributed by atoms with Crippen LogP contribution in [0.5, 0.6) is 0 Å². The zero-order valence-corrected chi connectivity index (χ0v) is 10.3. The van der Waals surface area contributed by atoms with Crippen molar-refractivity contribution in [2.75, 3.05) is 0 Å². The monoisotopic (exact) mass is 284 g/mol. The maximum Gasteiger partial charge on any atom is 0.337 e. The summed E-state index contributed by atoms with van der Waals surface area (Å²) in [6.07, 6.45) is 0. The summed E-state index contributed by atoms with van der Waals surface area (Å²) in [5.41, 5.74) is -0.139. The summed E-state index contributed by atoms with van der Waals surface area (Å²) in [7, 11) is 0. The Morgan fingerprint density at radius 1 is 0.944 bits per heavy atom. The van der Waals surface area contributed by atoms with Gasteiger partial charge in [-0.05, 0) is 18.2 Å². The highest BCUT2D eigenvalue weighted by molar-refractivity contribution is 6.42. The van der Waals surface area contributed by atoms with Crippen LogP contribution in [0.2, 0.25) is 10.0 Å². The maximum atomic E-state index is 11.0. The van der Waals surface area contributed by atoms with E-state index in [2.05, 4.69) is 0 Å². The van der Waals surface area contributed by atoms with Crippen molar-refractivity contribution in [2.24, 2.45) is 0 Å². The summed E-state index contributed by atoms with van der Waals surface area (Å²) in [5, 5.41) is 18.9. The molecule has 0 bridgehead atoms. The van der Waals surface area contributed by atoms with Crippen LogP contribution < -0.4 is 0 Å². The number of hydrogen-bond acceptors (Lipinski definition) is 2. The first-order chi connectivity index (χ1) is 8.41. The van der Waals surface area contributed by atoms with E-state index in [-0.39, 0.29) is 21.2 Å². The van der Waals surface area contributed by atoms with Gasteiger partial charge in [0.1, 0.15) is 0 Å². The van der Waals surface area contributed by atoms with Gasteiger partial charge in [0.15, 0.2) is 0 Å². The van der Waals surface area contributed by atoms with Crippen LogP contribution in [0, 0.1) is 0 Å². The first kappa shape index (κ1) is 12.7. The number of aromatic carboxylic acids is 2. The number of benzene rings is 2. The van der Waals surface area contributed by atoms with Crippen molar-refractivity contribution < 1.29 is 19.8 Å². The predicted octanol–water partition coefficient (Wildman–Crippen LogP) is 3.54. The molecule has 0 heterocycles. The van der Waals surface area contributed by atoms with E-state index >= 15 is 0 Å². The number of fused-ring (bicyclic) bond motifs is 1. The molecule has 2 rings (SSSR count). The molecule has 0 aromatic heterocycles. The molecule has 0 saturated carbocycles. The van der Waals surface area contributed by atoms with Gasteiger partial charge < -0.3 is 10.2 Å². The third kappa shape index (κ3) is 2.00. The Morgan fingerprint density at radius 2 is 1.61 bits per heavy atom. The first-order valence-electron chi connectivity index (χ1n) is 4.80. The maximum absolute atomic E-state index is 11.0. The van der Waals surface area contributed by atoms with Crippen molar-refractivity contribution in [1.29, 1.82) is 0 Å². The zero-order chi connectivity index (χ0) is 13.4. The van der Waals surface area contributed by atoms with E-state index in [0.29, 0.717) is 10.8 Å². The molecule has 0 aliphatic carbocycles. The van der Waals surface area contributed by atoms with E-state index in [9.17, 15) is 9.59 Å². The first-order valence-corrected chi connectivity index (χ1v) is 5.55. The van der Waals surface area contributed by atoms with E-state index in [0.717, 1.165) is 0 Å². The van der Waals surface area contributed by atoms with Crippen LogP contribution in [0.15, 0.2) is 24.3 Å². The Bertz CT molecular complexity index is 679. The summed E-state index contributed by atoms with van der Waals surface area (Å²) in [5.74, 6) is -2.34. The SMILES string of the molecule is O=C(O)c1ccc2c(Cl)cc(C(=O)O)c(Cl)c2c1. The average molecular weight is 285 g/mol. The van der Waals surface area contributed by atoms with E-state index in [1.54, 1.807) is 0 Å². The molecular weight excluding hydrogens is 279 g/mol. The number of carboxylic acids is 2. The second kappa shape index (κ2) is 4.48. The van der Waals surface area contributed by atoms with Crippen molar-refractivity contribution in [3.8, 4) is 0 Å². The number of halogens is 2. The van der Waals surface area contributed by atoms with Gasteiger partial charge in [0.25, 0.3) is 0 Å². The largest absolute Gasteiger partial charge is 0.478 e. The van der Waals surface area contributed by atoms with Gasteiger partial charge in [0, 0.05) is 15.8 Å². The quantitative estimate of drug-likeness (QED) is 0.884. The Kier molecular flexibility index (Phi) is 3.15. The minimum Gasteiger partial charge on any atom is -0.478 e. The van der Waals surface area contributed by atoms with Gasteiger partial charge >= 0.3 is 11.9 Å². The minimum atomic E-state index is -1.22. The van der Waals surface area contributed by atoms with Gasteiger partial charge in [-0.3, -0.25) is 0 Å². The van der Waals surface area contributed by atoms with Crippen molar-refractivity contribution in [3.63, 3.8) is 0 Å². The van der Waals surface area contributed by atoms with E-state index in [4.69, 9.17) is 33.4 Å². The van der Waals surface area contributed by atoms with Gasteiger partial charge in [0.2, 0.25) is 0 Å². The molecule has 92 valence electrons. The van der Waals surface area contributed by atoms with E-state index in [1.165, 1.54) is 24.3 Å². The second-order valence-electron chi connectivity index (χ2n) is 3.59. The van der Waals surface area contributed by atoms with Gasteiger partial charge in [-0.1, -0.05) is 29.3 Å². The van der Waals surface area contributed by atoms with Crippen LogP contribution in [0.4, 0.5) is 0 Å². The molecule has 0 aliphatic heterocycles. The molecule has 0 unspecified atom stereocenters. The number of rotatable bonds is 2. The molecule has 2 aromatic carbocycles. The lowest BCUT2D eigenvalue weighted by Gasteiger charge is -2.07. The number of hydrogen-bond donors (Lipinski definition) is 2. The molecule has 18 heavy (non-hydrogen) atoms. The van der Waals surface area contributed by atoms with Crippen LogP contribution in [0.3, 0.4) is 0 Å². The van der Waals surface area contributed by atoms with E-state index in [1.807, 2.05) is 0 Å². The van der Waals surface area contributed by atoms with Crippen LogP contribution >= 0.6 is 23.2 Å². The average Bonchev–Trinajstić information content (AvgIpc) is 2.32. The molecular formula is C12H6Cl2O4. The van der Waals surface area contributed by atoms with Gasteiger partial charge in [-0.2, -0.15) is 0 Å². The Labute approximate surface area is 111 Å². The summed E-state index contributed by atoms with van der Waals surface area (Å²) >= 11 is 11.9. The fourth-order valence-corrected chi connectivity index (χ4v) is 2.20. The fraction of sp³-hybridized carbons (Fsp3) is 0. The molecule has 0 atom stereocenters. The van der Waals surface area contributed by atoms with Crippen molar-refractivity contribution in [2.45, 2.75) is 0 Å². The van der Waals surface area contributed by atoms with Crippen LogP contribution in [-0.4, -0.2) is 22.2 Å². The normalized spacial score (nSPS) is 10.6. The summed E-state index contributed by atoms with van der Waals surface area (Å²) in [6.45, 7) is 0. The molecule has 0 radical (unpaired) electrons. The molecule has 0 spiro atoms. The molecule has 4 nitrogen and oxygen atoms in total. The van der Waals surface area contributed by atoms with Gasteiger partial charge in [-0.15, -0.1) is 0 Å². The van der Waals surface area contributed by atoms with Gasteiger partial charge in [0.05, 0.1) is 16.1 Å². The Morgan fingerprint density at radius 3 is 2.17 bits per heavy atom. The van der Waals surface area contributed by atoms with Crippen LogP contribution in [0.1, 0.15) is 20.7 Å². The van der Waals surface area contributed by atoms with E-state index < -0.39 is 11.9 Å². The lowest BCUT2D eigenvalue weighted by atomic mass is 10.0. The van der Waals surface area contributed by atoms with Crippen LogP contribution in [0.25, 0.3) is 10.8 Å². The second-order valence-corrected chi connectivity index (χ2v) is 4.38. The predicted molar refractivity (Wildman–Crippen MR) is 67.9 cm³/mol. The Hall–Kier alpha value is -1.78.